The molecule has 1 aromatic heterocycles. The van der Waals surface area contributed by atoms with Crippen LogP contribution in [0.3, 0.4) is 0 Å². The highest BCUT2D eigenvalue weighted by Crippen LogP contribution is 2.41. The van der Waals surface area contributed by atoms with Crippen LogP contribution in [-0.2, 0) is 6.54 Å². The number of carbonyl (C=O) groups excluding carboxylic acids is 3. The Morgan fingerprint density at radius 1 is 0.900 bits per heavy atom. The van der Waals surface area contributed by atoms with Gasteiger partial charge in [0, 0.05) is 53.9 Å². The molecule has 1 saturated heterocycles. The van der Waals surface area contributed by atoms with Gasteiger partial charge in [-0.1, -0.05) is 29.8 Å². The highest BCUT2D eigenvalue weighted by molar-refractivity contribution is 7.17. The first-order valence-corrected chi connectivity index (χ1v) is 14.1. The van der Waals surface area contributed by atoms with Crippen LogP contribution in [0.25, 0.3) is 0 Å². The molecular formula is C31H25ClFN3O3S. The zero-order valence-corrected chi connectivity index (χ0v) is 23.3. The van der Waals surface area contributed by atoms with E-state index in [2.05, 4.69) is 9.80 Å². The van der Waals surface area contributed by atoms with Gasteiger partial charge >= 0.3 is 0 Å². The van der Waals surface area contributed by atoms with Gasteiger partial charge in [0.2, 0.25) is 0 Å². The van der Waals surface area contributed by atoms with Crippen molar-refractivity contribution < 1.29 is 18.8 Å². The number of nitrogens with zero attached hydrogens (tertiary/aromatic N) is 3. The molecule has 0 N–H and O–H groups in total. The van der Waals surface area contributed by atoms with Gasteiger partial charge in [0.05, 0.1) is 16.7 Å². The molecule has 202 valence electrons. The molecule has 6 rings (SSSR count). The maximum Gasteiger partial charge on any atom is 0.266 e. The zero-order valence-electron chi connectivity index (χ0n) is 21.7. The van der Waals surface area contributed by atoms with Gasteiger partial charge in [0.1, 0.15) is 10.8 Å². The molecular weight excluding hydrogens is 549 g/mol. The minimum Gasteiger partial charge on any atom is -0.369 e. The zero-order chi connectivity index (χ0) is 28.0. The first kappa shape index (κ1) is 26.4. The molecule has 6 nitrogen and oxygen atoms in total. The van der Waals surface area contributed by atoms with E-state index in [-0.39, 0.29) is 11.6 Å². The number of hydrogen-bond acceptors (Lipinski definition) is 6. The van der Waals surface area contributed by atoms with Gasteiger partial charge < -0.3 is 4.90 Å². The lowest BCUT2D eigenvalue weighted by Crippen LogP contribution is -2.46. The number of imide groups is 1. The summed E-state index contributed by atoms with van der Waals surface area (Å²) in [6, 6.07) is 19.9. The molecule has 0 radical (unpaired) electrons. The number of fused-ring (bicyclic) bond motifs is 1. The van der Waals surface area contributed by atoms with Crippen molar-refractivity contribution in [1.82, 2.24) is 4.90 Å². The number of thiophene rings is 1. The summed E-state index contributed by atoms with van der Waals surface area (Å²) in [6.07, 6.45) is 0. The number of halogens is 2. The summed E-state index contributed by atoms with van der Waals surface area (Å²) in [7, 11) is 0. The molecule has 40 heavy (non-hydrogen) atoms. The van der Waals surface area contributed by atoms with E-state index in [4.69, 9.17) is 11.6 Å². The SMILES string of the molecule is Cc1sc(N2C(=O)c3ccccc3C2=O)c(C(=O)c2ccc(Cl)cc2)c1CN1CCN(c2cccc(F)c2)CC1. The smallest absolute Gasteiger partial charge is 0.266 e. The van der Waals surface area contributed by atoms with Crippen molar-refractivity contribution in [1.29, 1.82) is 0 Å². The fourth-order valence-electron chi connectivity index (χ4n) is 5.32. The minimum atomic E-state index is -0.428. The van der Waals surface area contributed by atoms with Gasteiger partial charge in [-0.15, -0.1) is 11.3 Å². The maximum absolute atomic E-state index is 14.0. The van der Waals surface area contributed by atoms with Crippen molar-refractivity contribution in [2.75, 3.05) is 36.0 Å². The lowest BCUT2D eigenvalue weighted by atomic mass is 9.99. The second-order valence-corrected chi connectivity index (χ2v) is 11.5. The third-order valence-electron chi connectivity index (χ3n) is 7.45. The summed E-state index contributed by atoms with van der Waals surface area (Å²) in [4.78, 5) is 47.2. The van der Waals surface area contributed by atoms with Crippen LogP contribution in [0.5, 0.6) is 0 Å². The Hall–Kier alpha value is -3.85. The van der Waals surface area contributed by atoms with Crippen molar-refractivity contribution in [2.24, 2.45) is 0 Å². The first-order valence-electron chi connectivity index (χ1n) is 12.9. The van der Waals surface area contributed by atoms with Crippen LogP contribution in [0.15, 0.2) is 72.8 Å². The Balaban J connectivity index is 1.34. The largest absolute Gasteiger partial charge is 0.369 e. The van der Waals surface area contributed by atoms with Crippen LogP contribution < -0.4 is 9.80 Å². The predicted molar refractivity (Wildman–Crippen MR) is 155 cm³/mol. The van der Waals surface area contributed by atoms with E-state index in [9.17, 15) is 18.8 Å². The number of benzene rings is 3. The van der Waals surface area contributed by atoms with Crippen molar-refractivity contribution in [3.63, 3.8) is 0 Å². The molecule has 0 atom stereocenters. The Labute approximate surface area is 240 Å². The number of ketones is 1. The van der Waals surface area contributed by atoms with Gasteiger partial charge in [-0.05, 0) is 67.1 Å². The quantitative estimate of drug-likeness (QED) is 0.203. The van der Waals surface area contributed by atoms with Crippen molar-refractivity contribution >= 4 is 51.2 Å². The summed E-state index contributed by atoms with van der Waals surface area (Å²) in [5, 5.41) is 0.854. The number of hydrogen-bond donors (Lipinski definition) is 0. The van der Waals surface area contributed by atoms with Crippen LogP contribution >= 0.6 is 22.9 Å². The molecule has 1 fully saturated rings. The fraction of sp³-hybridized carbons (Fsp3) is 0.194. The Kier molecular flexibility index (Phi) is 7.00. The standard InChI is InChI=1S/C31H25ClFN3O3S/c1-19-26(18-34-13-15-35(16-14-34)23-6-4-5-22(33)17-23)27(28(37)20-9-11-21(32)12-10-20)31(40-19)36-29(38)24-7-2-3-8-25(24)30(36)39/h2-12,17H,13-16,18H2,1H3. The lowest BCUT2D eigenvalue weighted by Gasteiger charge is -2.36. The minimum absolute atomic E-state index is 0.263. The van der Waals surface area contributed by atoms with Gasteiger partial charge in [0.15, 0.2) is 5.78 Å². The molecule has 0 bridgehead atoms. The van der Waals surface area contributed by atoms with E-state index < -0.39 is 11.8 Å². The normalized spacial score (nSPS) is 15.6. The Morgan fingerprint density at radius 3 is 2.17 bits per heavy atom. The summed E-state index contributed by atoms with van der Waals surface area (Å²) in [5.41, 5.74) is 3.11. The van der Waals surface area contributed by atoms with Crippen molar-refractivity contribution in [2.45, 2.75) is 13.5 Å². The van der Waals surface area contributed by atoms with Gasteiger partial charge in [0.25, 0.3) is 11.8 Å². The Morgan fingerprint density at radius 2 is 1.55 bits per heavy atom. The average molecular weight is 574 g/mol. The maximum atomic E-state index is 14.0. The van der Waals surface area contributed by atoms with Crippen LogP contribution in [0.4, 0.5) is 15.1 Å². The second kappa shape index (κ2) is 10.6. The number of piperazine rings is 1. The molecule has 3 aromatic carbocycles. The van der Waals surface area contributed by atoms with E-state index in [1.165, 1.54) is 23.5 Å². The average Bonchev–Trinajstić information content (AvgIpc) is 3.41. The summed E-state index contributed by atoms with van der Waals surface area (Å²) in [5.74, 6) is -1.38. The van der Waals surface area contributed by atoms with E-state index in [1.54, 1.807) is 54.6 Å². The molecule has 0 spiro atoms. The van der Waals surface area contributed by atoms with Crippen LogP contribution in [0.1, 0.15) is 47.1 Å². The molecule has 0 unspecified atom stereocenters. The van der Waals surface area contributed by atoms with Crippen LogP contribution in [0, 0.1) is 12.7 Å². The molecule has 4 aromatic rings. The molecule has 0 aliphatic carbocycles. The highest BCUT2D eigenvalue weighted by Gasteiger charge is 2.40. The van der Waals surface area contributed by atoms with Crippen LogP contribution in [-0.4, -0.2) is 48.7 Å². The molecule has 9 heteroatoms. The molecule has 3 heterocycles. The van der Waals surface area contributed by atoms with Crippen LogP contribution in [0.2, 0.25) is 5.02 Å². The summed E-state index contributed by atoms with van der Waals surface area (Å²) >= 11 is 7.37. The summed E-state index contributed by atoms with van der Waals surface area (Å²) in [6.45, 7) is 5.24. The van der Waals surface area contributed by atoms with Gasteiger partial charge in [-0.3, -0.25) is 19.3 Å². The highest BCUT2D eigenvalue weighted by atomic mass is 35.5. The Bertz CT molecular complexity index is 1610. The number of rotatable bonds is 6. The number of anilines is 2. The van der Waals surface area contributed by atoms with E-state index >= 15 is 0 Å². The number of carbonyl (C=O) groups is 3. The van der Waals surface area contributed by atoms with E-state index in [0.717, 1.165) is 21.0 Å². The van der Waals surface area contributed by atoms with Gasteiger partial charge in [-0.25, -0.2) is 9.29 Å². The fourth-order valence-corrected chi connectivity index (χ4v) is 6.61. The number of amides is 2. The molecule has 2 aliphatic heterocycles. The summed E-state index contributed by atoms with van der Waals surface area (Å²) < 4.78 is 13.8. The van der Waals surface area contributed by atoms with Crippen molar-refractivity contribution in [3.8, 4) is 0 Å². The molecule has 0 saturated carbocycles. The second-order valence-electron chi connectivity index (χ2n) is 9.89. The third-order valence-corrected chi connectivity index (χ3v) is 8.83. The topological polar surface area (TPSA) is 60.9 Å². The van der Waals surface area contributed by atoms with Gasteiger partial charge in [-0.2, -0.15) is 0 Å². The first-order chi connectivity index (χ1) is 19.3. The van der Waals surface area contributed by atoms with Crippen molar-refractivity contribution in [3.05, 3.63) is 116 Å². The lowest BCUT2D eigenvalue weighted by molar-refractivity contribution is 0.0927. The third kappa shape index (κ3) is 4.72. The monoisotopic (exact) mass is 573 g/mol. The molecule has 2 aliphatic rings. The predicted octanol–water partition coefficient (Wildman–Crippen LogP) is 6.20. The number of aryl methyl sites for hydroxylation is 1. The van der Waals surface area contributed by atoms with E-state index in [0.29, 0.717) is 65.0 Å². The van der Waals surface area contributed by atoms with E-state index in [1.807, 2.05) is 13.0 Å². The molecule has 2 amide bonds.